The molecule has 3 rings (SSSR count). The molecule has 3 fully saturated rings. The molecule has 18 heavy (non-hydrogen) atoms. The Morgan fingerprint density at radius 3 is 2.89 bits per heavy atom. The van der Waals surface area contributed by atoms with Crippen LogP contribution in [0.2, 0.25) is 0 Å². The van der Waals surface area contributed by atoms with E-state index in [1.165, 1.54) is 32.5 Å². The summed E-state index contributed by atoms with van der Waals surface area (Å²) in [6, 6.07) is 1.51. The van der Waals surface area contributed by atoms with E-state index in [1.807, 2.05) is 0 Å². The number of fused-ring (bicyclic) bond motifs is 1. The van der Waals surface area contributed by atoms with Crippen molar-refractivity contribution in [2.75, 3.05) is 52.9 Å². The second kappa shape index (κ2) is 5.45. The summed E-state index contributed by atoms with van der Waals surface area (Å²) < 4.78 is 5.91. The second-order valence-corrected chi connectivity index (χ2v) is 6.35. The molecular weight excluding hydrogens is 226 g/mol. The van der Waals surface area contributed by atoms with E-state index in [1.54, 1.807) is 0 Å². The Bertz CT molecular complexity index is 286. The van der Waals surface area contributed by atoms with Crippen molar-refractivity contribution < 1.29 is 4.74 Å². The Hall–Kier alpha value is -0.160. The molecule has 0 N–H and O–H groups in total. The Labute approximate surface area is 111 Å². The normalized spacial score (nSPS) is 40.0. The summed E-state index contributed by atoms with van der Waals surface area (Å²) in [4.78, 5) is 7.75. The molecule has 0 spiro atoms. The van der Waals surface area contributed by atoms with Gasteiger partial charge < -0.3 is 9.64 Å². The molecule has 0 radical (unpaired) electrons. The predicted octanol–water partition coefficient (Wildman–Crippen LogP) is 0.486. The molecule has 3 heterocycles. The first-order valence-corrected chi connectivity index (χ1v) is 7.50. The maximum Gasteiger partial charge on any atom is 0.0829 e. The number of hydrogen-bond acceptors (Lipinski definition) is 4. The fourth-order valence-electron chi connectivity index (χ4n) is 3.74. The van der Waals surface area contributed by atoms with E-state index in [9.17, 15) is 0 Å². The lowest BCUT2D eigenvalue weighted by atomic mass is 10.1. The van der Waals surface area contributed by atoms with Gasteiger partial charge in [-0.25, -0.2) is 0 Å². The highest BCUT2D eigenvalue weighted by atomic mass is 16.5. The number of likely N-dealkylation sites (N-methyl/N-ethyl adjacent to an activating group) is 1. The van der Waals surface area contributed by atoms with Crippen LogP contribution in [0.4, 0.5) is 0 Å². The Kier molecular flexibility index (Phi) is 3.89. The van der Waals surface area contributed by atoms with Crippen LogP contribution < -0.4 is 0 Å². The summed E-state index contributed by atoms with van der Waals surface area (Å²) in [6.45, 7) is 10.4. The molecule has 0 amide bonds. The quantitative estimate of drug-likeness (QED) is 0.713. The van der Waals surface area contributed by atoms with Gasteiger partial charge in [-0.15, -0.1) is 0 Å². The highest BCUT2D eigenvalue weighted by Gasteiger charge is 2.35. The highest BCUT2D eigenvalue weighted by Crippen LogP contribution is 2.25. The Balaban J connectivity index is 1.55. The Morgan fingerprint density at radius 2 is 2.06 bits per heavy atom. The van der Waals surface area contributed by atoms with E-state index in [2.05, 4.69) is 28.7 Å². The summed E-state index contributed by atoms with van der Waals surface area (Å²) in [5.41, 5.74) is 0. The molecule has 3 saturated heterocycles. The van der Waals surface area contributed by atoms with Crippen LogP contribution in [-0.4, -0.2) is 85.8 Å². The second-order valence-electron chi connectivity index (χ2n) is 6.35. The summed E-state index contributed by atoms with van der Waals surface area (Å²) in [5, 5.41) is 0. The lowest BCUT2D eigenvalue weighted by Crippen LogP contribution is -2.58. The van der Waals surface area contributed by atoms with Crippen LogP contribution in [0.5, 0.6) is 0 Å². The molecule has 0 bridgehead atoms. The zero-order valence-corrected chi connectivity index (χ0v) is 11.8. The monoisotopic (exact) mass is 253 g/mol. The molecule has 4 heteroatoms. The van der Waals surface area contributed by atoms with Gasteiger partial charge in [0.1, 0.15) is 0 Å². The average Bonchev–Trinajstić information content (AvgIpc) is 2.76. The highest BCUT2D eigenvalue weighted by molar-refractivity contribution is 4.91. The molecule has 0 aliphatic carbocycles. The van der Waals surface area contributed by atoms with Gasteiger partial charge in [-0.2, -0.15) is 0 Å². The zero-order chi connectivity index (χ0) is 12.5. The lowest BCUT2D eigenvalue weighted by Gasteiger charge is -2.44. The van der Waals surface area contributed by atoms with Crippen molar-refractivity contribution >= 4 is 0 Å². The third kappa shape index (κ3) is 2.72. The van der Waals surface area contributed by atoms with Crippen LogP contribution in [0.3, 0.4) is 0 Å². The first-order valence-electron chi connectivity index (χ1n) is 7.50. The van der Waals surface area contributed by atoms with Crippen molar-refractivity contribution in [2.45, 2.75) is 38.0 Å². The summed E-state index contributed by atoms with van der Waals surface area (Å²) in [6.07, 6.45) is 3.21. The first-order chi connectivity index (χ1) is 8.72. The van der Waals surface area contributed by atoms with Gasteiger partial charge in [-0.3, -0.25) is 9.80 Å². The fraction of sp³-hybridized carbons (Fsp3) is 1.00. The SMILES string of the molecule is CC1CN2CCCC2CN1CC1CN(C)CCO1. The standard InChI is InChI=1S/C14H27N3O/c1-12-8-16-5-3-4-13(16)9-17(12)11-14-10-15(2)6-7-18-14/h12-14H,3-11H2,1-2H3. The molecule has 3 aliphatic rings. The van der Waals surface area contributed by atoms with Crippen LogP contribution >= 0.6 is 0 Å². The molecule has 0 saturated carbocycles. The largest absolute Gasteiger partial charge is 0.374 e. The van der Waals surface area contributed by atoms with Crippen LogP contribution in [0.25, 0.3) is 0 Å². The molecule has 0 aromatic carbocycles. The van der Waals surface area contributed by atoms with Gasteiger partial charge in [-0.1, -0.05) is 0 Å². The summed E-state index contributed by atoms with van der Waals surface area (Å²) in [5.74, 6) is 0. The van der Waals surface area contributed by atoms with Crippen molar-refractivity contribution in [1.29, 1.82) is 0 Å². The van der Waals surface area contributed by atoms with E-state index in [0.717, 1.165) is 32.3 Å². The molecular formula is C14H27N3O. The Morgan fingerprint density at radius 1 is 1.17 bits per heavy atom. The fourth-order valence-corrected chi connectivity index (χ4v) is 3.74. The number of hydrogen-bond donors (Lipinski definition) is 0. The van der Waals surface area contributed by atoms with E-state index < -0.39 is 0 Å². The third-order valence-corrected chi connectivity index (χ3v) is 4.85. The van der Waals surface area contributed by atoms with Gasteiger partial charge in [0.2, 0.25) is 0 Å². The van der Waals surface area contributed by atoms with Crippen molar-refractivity contribution in [3.63, 3.8) is 0 Å². The molecule has 3 atom stereocenters. The number of morpholine rings is 1. The van der Waals surface area contributed by atoms with E-state index in [4.69, 9.17) is 4.74 Å². The molecule has 0 aromatic heterocycles. The van der Waals surface area contributed by atoms with Crippen LogP contribution in [0, 0.1) is 0 Å². The van der Waals surface area contributed by atoms with Crippen molar-refractivity contribution in [1.82, 2.24) is 14.7 Å². The first kappa shape index (κ1) is 12.9. The van der Waals surface area contributed by atoms with E-state index in [0.29, 0.717) is 12.1 Å². The molecule has 3 aliphatic heterocycles. The molecule has 3 unspecified atom stereocenters. The van der Waals surface area contributed by atoms with Crippen LogP contribution in [0.1, 0.15) is 19.8 Å². The molecule has 104 valence electrons. The van der Waals surface area contributed by atoms with Crippen LogP contribution in [-0.2, 0) is 4.74 Å². The lowest BCUT2D eigenvalue weighted by molar-refractivity contribution is -0.0533. The van der Waals surface area contributed by atoms with Gasteiger partial charge >= 0.3 is 0 Å². The zero-order valence-electron chi connectivity index (χ0n) is 11.8. The summed E-state index contributed by atoms with van der Waals surface area (Å²) >= 11 is 0. The molecule has 4 nitrogen and oxygen atoms in total. The predicted molar refractivity (Wildman–Crippen MR) is 72.9 cm³/mol. The number of piperazine rings is 1. The van der Waals surface area contributed by atoms with E-state index >= 15 is 0 Å². The number of ether oxygens (including phenoxy) is 1. The van der Waals surface area contributed by atoms with Gasteiger partial charge in [-0.05, 0) is 33.4 Å². The maximum absolute atomic E-state index is 5.91. The third-order valence-electron chi connectivity index (χ3n) is 4.85. The van der Waals surface area contributed by atoms with Gasteiger partial charge in [0.05, 0.1) is 12.7 Å². The number of rotatable bonds is 2. The van der Waals surface area contributed by atoms with Gasteiger partial charge in [0, 0.05) is 44.8 Å². The minimum atomic E-state index is 0.416. The minimum Gasteiger partial charge on any atom is -0.374 e. The van der Waals surface area contributed by atoms with Crippen LogP contribution in [0.15, 0.2) is 0 Å². The number of nitrogens with zero attached hydrogens (tertiary/aromatic N) is 3. The maximum atomic E-state index is 5.91. The van der Waals surface area contributed by atoms with Crippen molar-refractivity contribution in [3.8, 4) is 0 Å². The smallest absolute Gasteiger partial charge is 0.0829 e. The molecule has 0 aromatic rings. The minimum absolute atomic E-state index is 0.416. The van der Waals surface area contributed by atoms with Crippen molar-refractivity contribution in [2.24, 2.45) is 0 Å². The average molecular weight is 253 g/mol. The summed E-state index contributed by atoms with van der Waals surface area (Å²) in [7, 11) is 2.20. The van der Waals surface area contributed by atoms with E-state index in [-0.39, 0.29) is 0 Å². The van der Waals surface area contributed by atoms with Gasteiger partial charge in [0.25, 0.3) is 0 Å². The van der Waals surface area contributed by atoms with Crippen molar-refractivity contribution in [3.05, 3.63) is 0 Å². The topological polar surface area (TPSA) is 19.0 Å². The van der Waals surface area contributed by atoms with Gasteiger partial charge in [0.15, 0.2) is 0 Å².